The van der Waals surface area contributed by atoms with Crippen LogP contribution in [0.15, 0.2) is 35.5 Å². The first kappa shape index (κ1) is 16.8. The maximum Gasteiger partial charge on any atom is 0.338 e. The second kappa shape index (κ2) is 6.26. The molecule has 2 rings (SSSR count). The van der Waals surface area contributed by atoms with Crippen molar-refractivity contribution >= 4 is 34.9 Å². The molecular formula is C16H19ClN2O2S. The van der Waals surface area contributed by atoms with Crippen LogP contribution < -0.4 is 10.6 Å². The van der Waals surface area contributed by atoms with Gasteiger partial charge in [-0.3, -0.25) is 0 Å². The van der Waals surface area contributed by atoms with Gasteiger partial charge in [-0.25, -0.2) is 4.79 Å². The van der Waals surface area contributed by atoms with Crippen molar-refractivity contribution < 1.29 is 9.53 Å². The molecule has 0 aliphatic carbocycles. The Morgan fingerprint density at radius 3 is 2.55 bits per heavy atom. The molecule has 6 heteroatoms. The van der Waals surface area contributed by atoms with Crippen LogP contribution in [0, 0.1) is 0 Å². The van der Waals surface area contributed by atoms with E-state index in [1.165, 1.54) is 0 Å². The number of thiocarbonyl (C=S) groups is 1. The van der Waals surface area contributed by atoms with Gasteiger partial charge in [-0.05, 0) is 51.5 Å². The first-order chi connectivity index (χ1) is 10.2. The summed E-state index contributed by atoms with van der Waals surface area (Å²) in [6, 6.07) is 6.93. The first-order valence-electron chi connectivity index (χ1n) is 6.95. The van der Waals surface area contributed by atoms with Crippen LogP contribution >= 0.6 is 23.8 Å². The van der Waals surface area contributed by atoms with Crippen LogP contribution in [0.25, 0.3) is 0 Å². The lowest BCUT2D eigenvalue weighted by Crippen LogP contribution is -2.45. The molecule has 0 saturated heterocycles. The fourth-order valence-corrected chi connectivity index (χ4v) is 2.76. The van der Waals surface area contributed by atoms with Gasteiger partial charge in [-0.1, -0.05) is 29.8 Å². The van der Waals surface area contributed by atoms with Gasteiger partial charge < -0.3 is 15.4 Å². The summed E-state index contributed by atoms with van der Waals surface area (Å²) in [5.74, 6) is -0.391. The molecule has 1 aliphatic rings. The van der Waals surface area contributed by atoms with E-state index in [4.69, 9.17) is 28.6 Å². The van der Waals surface area contributed by atoms with E-state index in [9.17, 15) is 4.79 Å². The number of halogens is 1. The van der Waals surface area contributed by atoms with Gasteiger partial charge in [0, 0.05) is 10.7 Å². The van der Waals surface area contributed by atoms with Crippen molar-refractivity contribution in [1.29, 1.82) is 0 Å². The van der Waals surface area contributed by atoms with Crippen LogP contribution in [-0.4, -0.2) is 16.7 Å². The highest BCUT2D eigenvalue weighted by Crippen LogP contribution is 2.32. The van der Waals surface area contributed by atoms with Gasteiger partial charge in [0.1, 0.15) is 5.60 Å². The van der Waals surface area contributed by atoms with Gasteiger partial charge in [-0.2, -0.15) is 0 Å². The van der Waals surface area contributed by atoms with Crippen LogP contribution in [0.5, 0.6) is 0 Å². The van der Waals surface area contributed by atoms with Crippen LogP contribution in [0.1, 0.15) is 39.3 Å². The molecule has 0 radical (unpaired) electrons. The number of esters is 1. The number of hydrogen-bond acceptors (Lipinski definition) is 3. The lowest BCUT2D eigenvalue weighted by molar-refractivity contribution is -0.150. The summed E-state index contributed by atoms with van der Waals surface area (Å²) in [4.78, 5) is 12.6. The molecule has 0 saturated carbocycles. The van der Waals surface area contributed by atoms with Gasteiger partial charge in [0.25, 0.3) is 0 Å². The minimum absolute atomic E-state index is 0.391. The number of benzene rings is 1. The molecule has 4 nitrogen and oxygen atoms in total. The number of carbonyl (C=O) groups excluding carboxylic acids is 1. The van der Waals surface area contributed by atoms with Gasteiger partial charge in [0.2, 0.25) is 0 Å². The van der Waals surface area contributed by atoms with Gasteiger partial charge in [0.05, 0.1) is 11.6 Å². The predicted molar refractivity (Wildman–Crippen MR) is 91.6 cm³/mol. The van der Waals surface area contributed by atoms with Crippen LogP contribution in [0.2, 0.25) is 5.02 Å². The highest BCUT2D eigenvalue weighted by atomic mass is 35.5. The average Bonchev–Trinajstić information content (AvgIpc) is 2.35. The number of ether oxygens (including phenoxy) is 1. The smallest absolute Gasteiger partial charge is 0.338 e. The van der Waals surface area contributed by atoms with Crippen molar-refractivity contribution in [3.63, 3.8) is 0 Å². The molecule has 1 aliphatic heterocycles. The van der Waals surface area contributed by atoms with Crippen LogP contribution in [-0.2, 0) is 9.53 Å². The zero-order valence-corrected chi connectivity index (χ0v) is 14.6. The molecule has 1 aromatic rings. The summed E-state index contributed by atoms with van der Waals surface area (Å²) in [5, 5.41) is 7.09. The molecule has 1 atom stereocenters. The molecule has 0 spiro atoms. The fraction of sp³-hybridized carbons (Fsp3) is 0.375. The van der Waals surface area contributed by atoms with E-state index in [2.05, 4.69) is 10.6 Å². The third kappa shape index (κ3) is 3.78. The Labute approximate surface area is 140 Å². The quantitative estimate of drug-likeness (QED) is 0.638. The summed E-state index contributed by atoms with van der Waals surface area (Å²) in [7, 11) is 0. The highest BCUT2D eigenvalue weighted by Gasteiger charge is 2.33. The second-order valence-electron chi connectivity index (χ2n) is 6.09. The normalized spacial score (nSPS) is 18.6. The highest BCUT2D eigenvalue weighted by molar-refractivity contribution is 7.80. The number of rotatable bonds is 2. The summed E-state index contributed by atoms with van der Waals surface area (Å²) in [6.45, 7) is 7.30. The van der Waals surface area contributed by atoms with Crippen molar-refractivity contribution in [2.75, 3.05) is 0 Å². The van der Waals surface area contributed by atoms with E-state index in [0.717, 1.165) is 5.56 Å². The molecule has 0 amide bonds. The van der Waals surface area contributed by atoms with Crippen molar-refractivity contribution in [3.8, 4) is 0 Å². The van der Waals surface area contributed by atoms with Gasteiger partial charge in [0.15, 0.2) is 5.11 Å². The van der Waals surface area contributed by atoms with Crippen molar-refractivity contribution in [1.82, 2.24) is 10.6 Å². The molecule has 118 valence electrons. The number of carbonyl (C=O) groups is 1. The Kier molecular flexibility index (Phi) is 4.78. The Balaban J connectivity index is 2.46. The summed E-state index contributed by atoms with van der Waals surface area (Å²) < 4.78 is 5.51. The molecule has 1 heterocycles. The Morgan fingerprint density at radius 2 is 1.95 bits per heavy atom. The SMILES string of the molecule is CC1=C(C(=O)OC(C)(C)C)[C@H](c2ccccc2Cl)NC(=S)N1. The largest absolute Gasteiger partial charge is 0.456 e. The zero-order chi connectivity index (χ0) is 16.5. The van der Waals surface area contributed by atoms with Crippen molar-refractivity contribution in [2.24, 2.45) is 0 Å². The van der Waals surface area contributed by atoms with Crippen molar-refractivity contribution in [2.45, 2.75) is 39.3 Å². The molecule has 2 N–H and O–H groups in total. The average molecular weight is 339 g/mol. The summed E-state index contributed by atoms with van der Waals surface area (Å²) in [6.07, 6.45) is 0. The topological polar surface area (TPSA) is 50.4 Å². The molecule has 0 fully saturated rings. The molecule has 0 bridgehead atoms. The Hall–Kier alpha value is -1.59. The second-order valence-corrected chi connectivity index (χ2v) is 6.91. The Bertz CT molecular complexity index is 650. The minimum Gasteiger partial charge on any atom is -0.456 e. The van der Waals surface area contributed by atoms with Crippen LogP contribution in [0.4, 0.5) is 0 Å². The zero-order valence-electron chi connectivity index (χ0n) is 13.0. The lowest BCUT2D eigenvalue weighted by Gasteiger charge is -2.32. The number of allylic oxidation sites excluding steroid dienone is 1. The van der Waals surface area contributed by atoms with Gasteiger partial charge in [-0.15, -0.1) is 0 Å². The van der Waals surface area contributed by atoms with E-state index in [1.54, 1.807) is 13.0 Å². The Morgan fingerprint density at radius 1 is 1.32 bits per heavy atom. The predicted octanol–water partition coefficient (Wildman–Crippen LogP) is 3.47. The van der Waals surface area contributed by atoms with E-state index in [0.29, 0.717) is 21.4 Å². The third-order valence-corrected chi connectivity index (χ3v) is 3.67. The number of nitrogens with one attached hydrogen (secondary N) is 2. The molecular weight excluding hydrogens is 320 g/mol. The van der Waals surface area contributed by atoms with E-state index in [-0.39, 0.29) is 0 Å². The molecule has 1 aromatic carbocycles. The molecule has 22 heavy (non-hydrogen) atoms. The fourth-order valence-electron chi connectivity index (χ4n) is 2.24. The summed E-state index contributed by atoms with van der Waals surface area (Å²) >= 11 is 11.5. The molecule has 0 unspecified atom stereocenters. The van der Waals surface area contributed by atoms with E-state index >= 15 is 0 Å². The minimum atomic E-state index is -0.576. The lowest BCUT2D eigenvalue weighted by atomic mass is 9.95. The standard InChI is InChI=1S/C16H19ClN2O2S/c1-9-12(14(20)21-16(2,3)4)13(19-15(22)18-9)10-7-5-6-8-11(10)17/h5-8,13H,1-4H3,(H2,18,19,22)/t13-/m0/s1. The third-order valence-electron chi connectivity index (χ3n) is 3.10. The first-order valence-corrected chi connectivity index (χ1v) is 7.74. The monoisotopic (exact) mass is 338 g/mol. The summed E-state index contributed by atoms with van der Waals surface area (Å²) in [5.41, 5.74) is 1.36. The van der Waals surface area contributed by atoms with Gasteiger partial charge >= 0.3 is 5.97 Å². The maximum atomic E-state index is 12.6. The number of hydrogen-bond donors (Lipinski definition) is 2. The van der Waals surface area contributed by atoms with Crippen LogP contribution in [0.3, 0.4) is 0 Å². The van der Waals surface area contributed by atoms with E-state index < -0.39 is 17.6 Å². The maximum absolute atomic E-state index is 12.6. The molecule has 0 aromatic heterocycles. The van der Waals surface area contributed by atoms with E-state index in [1.807, 2.05) is 39.0 Å². The van der Waals surface area contributed by atoms with Crippen molar-refractivity contribution in [3.05, 3.63) is 46.1 Å².